The lowest BCUT2D eigenvalue weighted by Gasteiger charge is -2.32. The molecule has 0 saturated carbocycles. The Hall–Kier alpha value is -1.06. The Bertz CT molecular complexity index is 332. The van der Waals surface area contributed by atoms with Crippen molar-refractivity contribution in [3.05, 3.63) is 0 Å². The highest BCUT2D eigenvalue weighted by atomic mass is 16.2. The summed E-state index contributed by atoms with van der Waals surface area (Å²) in [6, 6.07) is -0.351. The zero-order valence-corrected chi connectivity index (χ0v) is 14.2. The molecule has 0 bridgehead atoms. The fraction of sp³-hybridized carbons (Fsp3) is 0.882. The maximum atomic E-state index is 12.7. The standard InChI is InChI=1S/C17H32N2O2/c1-5-14(6-2)16(20)18-15(12-13(3)4)17(21)19-10-8-7-9-11-19/h13-15H,5-12H2,1-4H3,(H,18,20)/t15-/m0/s1. The van der Waals surface area contributed by atoms with E-state index in [1.54, 1.807) is 0 Å². The van der Waals surface area contributed by atoms with Gasteiger partial charge in [0.25, 0.3) is 0 Å². The third-order valence-electron chi connectivity index (χ3n) is 4.35. The van der Waals surface area contributed by atoms with Crippen molar-refractivity contribution < 1.29 is 9.59 Å². The molecule has 1 rings (SSSR count). The predicted molar refractivity (Wildman–Crippen MR) is 85.9 cm³/mol. The molecule has 122 valence electrons. The topological polar surface area (TPSA) is 49.4 Å². The Morgan fingerprint density at radius 2 is 1.62 bits per heavy atom. The molecule has 4 heteroatoms. The average Bonchev–Trinajstić information content (AvgIpc) is 2.47. The van der Waals surface area contributed by atoms with Crippen LogP contribution in [-0.2, 0) is 9.59 Å². The molecule has 0 spiro atoms. The summed E-state index contributed by atoms with van der Waals surface area (Å²) in [4.78, 5) is 26.9. The van der Waals surface area contributed by atoms with Crippen LogP contribution >= 0.6 is 0 Å². The third kappa shape index (κ3) is 5.68. The van der Waals surface area contributed by atoms with Crippen molar-refractivity contribution in [2.75, 3.05) is 13.1 Å². The number of carbonyl (C=O) groups excluding carboxylic acids is 2. The monoisotopic (exact) mass is 296 g/mol. The van der Waals surface area contributed by atoms with Gasteiger partial charge in [-0.15, -0.1) is 0 Å². The van der Waals surface area contributed by atoms with E-state index < -0.39 is 0 Å². The van der Waals surface area contributed by atoms with Gasteiger partial charge in [0.1, 0.15) is 6.04 Å². The van der Waals surface area contributed by atoms with Crippen LogP contribution in [0, 0.1) is 11.8 Å². The zero-order valence-electron chi connectivity index (χ0n) is 14.2. The van der Waals surface area contributed by atoms with Crippen LogP contribution < -0.4 is 5.32 Å². The van der Waals surface area contributed by atoms with Crippen molar-refractivity contribution in [1.29, 1.82) is 0 Å². The highest BCUT2D eigenvalue weighted by Gasteiger charge is 2.28. The third-order valence-corrected chi connectivity index (χ3v) is 4.35. The van der Waals surface area contributed by atoms with E-state index in [1.807, 2.05) is 18.7 Å². The summed E-state index contributed by atoms with van der Waals surface area (Å²) in [6.45, 7) is 9.93. The number of rotatable bonds is 7. The summed E-state index contributed by atoms with van der Waals surface area (Å²) < 4.78 is 0. The van der Waals surface area contributed by atoms with Crippen molar-refractivity contribution >= 4 is 11.8 Å². The van der Waals surface area contributed by atoms with Crippen molar-refractivity contribution in [2.45, 2.75) is 72.3 Å². The second-order valence-corrected chi connectivity index (χ2v) is 6.59. The van der Waals surface area contributed by atoms with E-state index in [0.717, 1.165) is 45.2 Å². The Labute approximate surface area is 129 Å². The largest absolute Gasteiger partial charge is 0.344 e. The van der Waals surface area contributed by atoms with E-state index >= 15 is 0 Å². The molecule has 21 heavy (non-hydrogen) atoms. The van der Waals surface area contributed by atoms with Gasteiger partial charge >= 0.3 is 0 Å². The lowest BCUT2D eigenvalue weighted by atomic mass is 9.98. The summed E-state index contributed by atoms with van der Waals surface area (Å²) in [5, 5.41) is 3.02. The molecule has 0 unspecified atom stereocenters. The van der Waals surface area contributed by atoms with E-state index in [2.05, 4.69) is 19.2 Å². The van der Waals surface area contributed by atoms with Crippen LogP contribution in [0.5, 0.6) is 0 Å². The zero-order chi connectivity index (χ0) is 15.8. The van der Waals surface area contributed by atoms with Crippen molar-refractivity contribution in [3.8, 4) is 0 Å². The quantitative estimate of drug-likeness (QED) is 0.785. The van der Waals surface area contributed by atoms with Crippen LogP contribution in [-0.4, -0.2) is 35.8 Å². The van der Waals surface area contributed by atoms with Crippen LogP contribution in [0.25, 0.3) is 0 Å². The lowest BCUT2D eigenvalue weighted by Crippen LogP contribution is -2.51. The fourth-order valence-electron chi connectivity index (χ4n) is 2.98. The first kappa shape index (κ1) is 18.0. The summed E-state index contributed by atoms with van der Waals surface area (Å²) in [6.07, 6.45) is 5.75. The van der Waals surface area contributed by atoms with Crippen LogP contribution in [0.1, 0.15) is 66.2 Å². The van der Waals surface area contributed by atoms with Crippen molar-refractivity contribution in [1.82, 2.24) is 10.2 Å². The first-order valence-electron chi connectivity index (χ1n) is 8.58. The van der Waals surface area contributed by atoms with Gasteiger partial charge in [-0.2, -0.15) is 0 Å². The molecule has 1 aliphatic rings. The van der Waals surface area contributed by atoms with Crippen LogP contribution in [0.2, 0.25) is 0 Å². The summed E-state index contributed by atoms with van der Waals surface area (Å²) in [7, 11) is 0. The Morgan fingerprint density at radius 1 is 1.05 bits per heavy atom. The van der Waals surface area contributed by atoms with Crippen LogP contribution in [0.15, 0.2) is 0 Å². The Balaban J connectivity index is 2.69. The highest BCUT2D eigenvalue weighted by Crippen LogP contribution is 2.15. The van der Waals surface area contributed by atoms with E-state index in [-0.39, 0.29) is 23.8 Å². The smallest absolute Gasteiger partial charge is 0.245 e. The Morgan fingerprint density at radius 3 is 2.10 bits per heavy atom. The normalized spacial score (nSPS) is 17.1. The van der Waals surface area contributed by atoms with Gasteiger partial charge in [0.15, 0.2) is 0 Å². The number of likely N-dealkylation sites (tertiary alicyclic amines) is 1. The van der Waals surface area contributed by atoms with Gasteiger partial charge in [-0.25, -0.2) is 0 Å². The number of nitrogens with one attached hydrogen (secondary N) is 1. The highest BCUT2D eigenvalue weighted by molar-refractivity contribution is 5.88. The van der Waals surface area contributed by atoms with Crippen molar-refractivity contribution in [3.63, 3.8) is 0 Å². The molecule has 1 heterocycles. The molecule has 0 radical (unpaired) electrons. The first-order chi connectivity index (χ1) is 9.99. The van der Waals surface area contributed by atoms with Gasteiger partial charge in [0, 0.05) is 19.0 Å². The second kappa shape index (κ2) is 9.06. The maximum Gasteiger partial charge on any atom is 0.245 e. The molecule has 1 saturated heterocycles. The number of piperidine rings is 1. The van der Waals surface area contributed by atoms with Gasteiger partial charge in [0.2, 0.25) is 11.8 Å². The molecular weight excluding hydrogens is 264 g/mol. The Kier molecular flexibility index (Phi) is 7.76. The van der Waals surface area contributed by atoms with Crippen molar-refractivity contribution in [2.24, 2.45) is 11.8 Å². The van der Waals surface area contributed by atoms with Gasteiger partial charge in [-0.05, 0) is 44.4 Å². The number of amides is 2. The van der Waals surface area contributed by atoms with Gasteiger partial charge in [-0.3, -0.25) is 9.59 Å². The average molecular weight is 296 g/mol. The first-order valence-corrected chi connectivity index (χ1v) is 8.58. The minimum atomic E-state index is -0.351. The summed E-state index contributed by atoms with van der Waals surface area (Å²) in [5.74, 6) is 0.568. The van der Waals surface area contributed by atoms with Gasteiger partial charge in [-0.1, -0.05) is 27.7 Å². The molecule has 0 aliphatic carbocycles. The number of hydrogen-bond acceptors (Lipinski definition) is 2. The number of hydrogen-bond donors (Lipinski definition) is 1. The van der Waals surface area contributed by atoms with E-state index in [0.29, 0.717) is 5.92 Å². The molecule has 1 aliphatic heterocycles. The van der Waals surface area contributed by atoms with E-state index in [9.17, 15) is 9.59 Å². The van der Waals surface area contributed by atoms with Crippen LogP contribution in [0.4, 0.5) is 0 Å². The SMILES string of the molecule is CCC(CC)C(=O)N[C@@H](CC(C)C)C(=O)N1CCCCC1. The minimum absolute atomic E-state index is 0.0221. The molecule has 0 aromatic carbocycles. The predicted octanol–water partition coefficient (Wildman–Crippen LogP) is 2.97. The minimum Gasteiger partial charge on any atom is -0.344 e. The molecule has 1 N–H and O–H groups in total. The van der Waals surface area contributed by atoms with Crippen LogP contribution in [0.3, 0.4) is 0 Å². The van der Waals surface area contributed by atoms with E-state index in [4.69, 9.17) is 0 Å². The molecule has 2 amide bonds. The fourth-order valence-corrected chi connectivity index (χ4v) is 2.98. The molecule has 0 aromatic rings. The van der Waals surface area contributed by atoms with E-state index in [1.165, 1.54) is 6.42 Å². The summed E-state index contributed by atoms with van der Waals surface area (Å²) in [5.41, 5.74) is 0. The van der Waals surface area contributed by atoms with Gasteiger partial charge in [0.05, 0.1) is 0 Å². The molecule has 0 aromatic heterocycles. The lowest BCUT2D eigenvalue weighted by molar-refractivity contribution is -0.138. The number of carbonyl (C=O) groups is 2. The molecule has 1 fully saturated rings. The second-order valence-electron chi connectivity index (χ2n) is 6.59. The molecule has 1 atom stereocenters. The summed E-state index contributed by atoms with van der Waals surface area (Å²) >= 11 is 0. The molecular formula is C17H32N2O2. The maximum absolute atomic E-state index is 12.7. The number of nitrogens with zero attached hydrogens (tertiary/aromatic N) is 1. The van der Waals surface area contributed by atoms with Gasteiger partial charge < -0.3 is 10.2 Å². The molecule has 4 nitrogen and oxygen atoms in total.